The molecule has 1 fully saturated rings. The number of aliphatic hydroxyl groups is 1. The molecular weight excluding hydrogens is 188 g/mol. The maximum absolute atomic E-state index is 10.5. The lowest BCUT2D eigenvalue weighted by Crippen LogP contribution is -2.49. The lowest BCUT2D eigenvalue weighted by molar-refractivity contribution is -0.149. The Morgan fingerprint density at radius 1 is 1.20 bits per heavy atom. The standard InChI is InChI=1S/C13H26O2/c1-5-12(14)8-11(4)9-13(6-2,10-12)15-7-3/h11,14H,5-10H2,1-4H3. The summed E-state index contributed by atoms with van der Waals surface area (Å²) in [5.41, 5.74) is -0.569. The van der Waals surface area contributed by atoms with Crippen LogP contribution in [0, 0.1) is 5.92 Å². The zero-order valence-corrected chi connectivity index (χ0v) is 10.7. The Kier molecular flexibility index (Phi) is 4.19. The van der Waals surface area contributed by atoms with Crippen molar-refractivity contribution in [2.75, 3.05) is 6.61 Å². The quantitative estimate of drug-likeness (QED) is 0.779. The van der Waals surface area contributed by atoms with Gasteiger partial charge in [0, 0.05) is 13.0 Å². The maximum Gasteiger partial charge on any atom is 0.0709 e. The second-order valence-electron chi connectivity index (χ2n) is 5.24. The second kappa shape index (κ2) is 4.84. The van der Waals surface area contributed by atoms with Gasteiger partial charge in [0.05, 0.1) is 11.2 Å². The fourth-order valence-corrected chi connectivity index (χ4v) is 3.16. The fraction of sp³-hybridized carbons (Fsp3) is 1.00. The number of rotatable bonds is 4. The summed E-state index contributed by atoms with van der Waals surface area (Å²) < 4.78 is 5.93. The lowest BCUT2D eigenvalue weighted by Gasteiger charge is -2.47. The minimum absolute atomic E-state index is 0.0722. The first-order valence-electron chi connectivity index (χ1n) is 6.35. The molecule has 0 aromatic heterocycles. The zero-order chi connectivity index (χ0) is 11.5. The van der Waals surface area contributed by atoms with Crippen molar-refractivity contribution < 1.29 is 9.84 Å². The largest absolute Gasteiger partial charge is 0.390 e. The Labute approximate surface area is 94.0 Å². The number of hydrogen-bond donors (Lipinski definition) is 1. The molecule has 0 aromatic rings. The number of hydrogen-bond acceptors (Lipinski definition) is 2. The Bertz CT molecular complexity index is 205. The summed E-state index contributed by atoms with van der Waals surface area (Å²) in [5, 5.41) is 10.5. The van der Waals surface area contributed by atoms with Crippen molar-refractivity contribution in [1.82, 2.24) is 0 Å². The van der Waals surface area contributed by atoms with Crippen LogP contribution in [0.3, 0.4) is 0 Å². The molecule has 3 unspecified atom stereocenters. The molecule has 0 spiro atoms. The van der Waals surface area contributed by atoms with Crippen molar-refractivity contribution in [2.45, 2.75) is 71.0 Å². The SMILES string of the molecule is CCOC1(CC)CC(C)CC(O)(CC)C1. The summed E-state index contributed by atoms with van der Waals surface area (Å²) >= 11 is 0. The predicted octanol–water partition coefficient (Wildman–Crippen LogP) is 3.13. The highest BCUT2D eigenvalue weighted by molar-refractivity contribution is 4.97. The molecule has 0 amide bonds. The molecule has 3 atom stereocenters. The Balaban J connectivity index is 2.80. The minimum Gasteiger partial charge on any atom is -0.390 e. The van der Waals surface area contributed by atoms with Crippen LogP contribution in [0.4, 0.5) is 0 Å². The van der Waals surface area contributed by atoms with E-state index in [0.717, 1.165) is 38.7 Å². The molecule has 0 aliphatic heterocycles. The van der Waals surface area contributed by atoms with E-state index in [2.05, 4.69) is 20.8 Å². The van der Waals surface area contributed by atoms with E-state index in [1.54, 1.807) is 0 Å². The van der Waals surface area contributed by atoms with Crippen LogP contribution in [-0.2, 0) is 4.74 Å². The Hall–Kier alpha value is -0.0800. The molecule has 90 valence electrons. The van der Waals surface area contributed by atoms with Crippen LogP contribution < -0.4 is 0 Å². The van der Waals surface area contributed by atoms with Gasteiger partial charge in [0.1, 0.15) is 0 Å². The van der Waals surface area contributed by atoms with Crippen molar-refractivity contribution in [3.8, 4) is 0 Å². The van der Waals surface area contributed by atoms with Gasteiger partial charge in [-0.15, -0.1) is 0 Å². The van der Waals surface area contributed by atoms with Crippen molar-refractivity contribution in [2.24, 2.45) is 5.92 Å². The molecule has 2 nitrogen and oxygen atoms in total. The summed E-state index contributed by atoms with van der Waals surface area (Å²) in [6.07, 6.45) is 4.68. The molecule has 1 saturated carbocycles. The average Bonchev–Trinajstić information content (AvgIpc) is 2.17. The Morgan fingerprint density at radius 3 is 2.33 bits per heavy atom. The van der Waals surface area contributed by atoms with E-state index in [0.29, 0.717) is 5.92 Å². The third-order valence-corrected chi connectivity index (χ3v) is 3.85. The van der Waals surface area contributed by atoms with Crippen LogP contribution in [0.5, 0.6) is 0 Å². The maximum atomic E-state index is 10.5. The van der Waals surface area contributed by atoms with E-state index < -0.39 is 5.60 Å². The zero-order valence-electron chi connectivity index (χ0n) is 10.7. The molecule has 0 heterocycles. The van der Waals surface area contributed by atoms with Crippen LogP contribution in [-0.4, -0.2) is 22.9 Å². The lowest BCUT2D eigenvalue weighted by atomic mass is 9.68. The summed E-state index contributed by atoms with van der Waals surface area (Å²) in [6, 6.07) is 0. The monoisotopic (exact) mass is 214 g/mol. The van der Waals surface area contributed by atoms with E-state index in [9.17, 15) is 5.11 Å². The van der Waals surface area contributed by atoms with Gasteiger partial charge in [-0.1, -0.05) is 20.8 Å². The summed E-state index contributed by atoms with van der Waals surface area (Å²) in [4.78, 5) is 0. The van der Waals surface area contributed by atoms with Gasteiger partial charge < -0.3 is 9.84 Å². The predicted molar refractivity (Wildman–Crippen MR) is 62.9 cm³/mol. The highest BCUT2D eigenvalue weighted by atomic mass is 16.5. The van der Waals surface area contributed by atoms with Gasteiger partial charge in [0.2, 0.25) is 0 Å². The molecule has 1 aliphatic rings. The highest BCUT2D eigenvalue weighted by Gasteiger charge is 2.45. The Morgan fingerprint density at radius 2 is 1.87 bits per heavy atom. The topological polar surface area (TPSA) is 29.5 Å². The smallest absolute Gasteiger partial charge is 0.0709 e. The molecule has 1 N–H and O–H groups in total. The summed E-state index contributed by atoms with van der Waals surface area (Å²) in [5.74, 6) is 0.565. The number of ether oxygens (including phenoxy) is 1. The normalized spacial score (nSPS) is 41.8. The van der Waals surface area contributed by atoms with Gasteiger partial charge in [-0.25, -0.2) is 0 Å². The van der Waals surface area contributed by atoms with Crippen LogP contribution >= 0.6 is 0 Å². The van der Waals surface area contributed by atoms with Gasteiger partial charge in [-0.3, -0.25) is 0 Å². The van der Waals surface area contributed by atoms with Gasteiger partial charge in [0.25, 0.3) is 0 Å². The molecule has 1 rings (SSSR count). The first-order chi connectivity index (χ1) is 6.99. The first kappa shape index (κ1) is 13.0. The van der Waals surface area contributed by atoms with Crippen molar-refractivity contribution >= 4 is 0 Å². The average molecular weight is 214 g/mol. The molecule has 0 radical (unpaired) electrons. The van der Waals surface area contributed by atoms with Crippen molar-refractivity contribution in [3.05, 3.63) is 0 Å². The van der Waals surface area contributed by atoms with E-state index in [1.807, 2.05) is 6.92 Å². The van der Waals surface area contributed by atoms with Crippen LogP contribution in [0.25, 0.3) is 0 Å². The highest BCUT2D eigenvalue weighted by Crippen LogP contribution is 2.44. The summed E-state index contributed by atoms with van der Waals surface area (Å²) in [6.45, 7) is 9.26. The van der Waals surface area contributed by atoms with Gasteiger partial charge in [0.15, 0.2) is 0 Å². The van der Waals surface area contributed by atoms with Gasteiger partial charge in [-0.2, -0.15) is 0 Å². The van der Waals surface area contributed by atoms with E-state index in [-0.39, 0.29) is 5.60 Å². The van der Waals surface area contributed by atoms with Gasteiger partial charge in [-0.05, 0) is 38.5 Å². The third kappa shape index (κ3) is 2.94. The van der Waals surface area contributed by atoms with E-state index in [4.69, 9.17) is 4.74 Å². The fourth-order valence-electron chi connectivity index (χ4n) is 3.16. The van der Waals surface area contributed by atoms with E-state index >= 15 is 0 Å². The van der Waals surface area contributed by atoms with Crippen molar-refractivity contribution in [3.63, 3.8) is 0 Å². The van der Waals surface area contributed by atoms with Crippen LogP contribution in [0.1, 0.15) is 59.8 Å². The molecule has 0 bridgehead atoms. The van der Waals surface area contributed by atoms with Gasteiger partial charge >= 0.3 is 0 Å². The van der Waals surface area contributed by atoms with E-state index in [1.165, 1.54) is 0 Å². The molecule has 0 aromatic carbocycles. The first-order valence-corrected chi connectivity index (χ1v) is 6.35. The second-order valence-corrected chi connectivity index (χ2v) is 5.24. The minimum atomic E-state index is -0.497. The molecule has 2 heteroatoms. The van der Waals surface area contributed by atoms with Crippen molar-refractivity contribution in [1.29, 1.82) is 0 Å². The molecule has 1 aliphatic carbocycles. The molecule has 15 heavy (non-hydrogen) atoms. The van der Waals surface area contributed by atoms with Crippen LogP contribution in [0.15, 0.2) is 0 Å². The third-order valence-electron chi connectivity index (χ3n) is 3.85. The molecule has 0 saturated heterocycles. The molecular formula is C13H26O2. The van der Waals surface area contributed by atoms with Crippen LogP contribution in [0.2, 0.25) is 0 Å². The summed E-state index contributed by atoms with van der Waals surface area (Å²) in [7, 11) is 0.